The number of hydrogen-bond donors (Lipinski definition) is 1. The van der Waals surface area contributed by atoms with Gasteiger partial charge in [0.05, 0.1) is 23.6 Å². The minimum Gasteiger partial charge on any atom is -0.345 e. The third-order valence-electron chi connectivity index (χ3n) is 3.23. The number of nitrogens with zero attached hydrogens (tertiary/aromatic N) is 2. The average Bonchev–Trinajstić information content (AvgIpc) is 3.01. The highest BCUT2D eigenvalue weighted by Crippen LogP contribution is 2.14. The summed E-state index contributed by atoms with van der Waals surface area (Å²) in [6, 6.07) is 16.7. The first-order valence-corrected chi connectivity index (χ1v) is 7.48. The number of aromatic nitrogens is 2. The van der Waals surface area contributed by atoms with E-state index in [4.69, 9.17) is 16.1 Å². The van der Waals surface area contributed by atoms with Crippen molar-refractivity contribution >= 4 is 17.5 Å². The van der Waals surface area contributed by atoms with E-state index < -0.39 is 0 Å². The van der Waals surface area contributed by atoms with Crippen LogP contribution in [0.2, 0.25) is 5.02 Å². The number of carbonyl (C=O) groups excluding carboxylic acids is 1. The van der Waals surface area contributed by atoms with Crippen molar-refractivity contribution in [3.05, 3.63) is 82.5 Å². The van der Waals surface area contributed by atoms with Crippen LogP contribution in [-0.4, -0.2) is 16.0 Å². The van der Waals surface area contributed by atoms with Gasteiger partial charge in [0.1, 0.15) is 0 Å². The van der Waals surface area contributed by atoms with Crippen molar-refractivity contribution in [3.63, 3.8) is 0 Å². The van der Waals surface area contributed by atoms with Gasteiger partial charge in [0.2, 0.25) is 5.89 Å². The molecule has 0 atom stereocenters. The predicted molar refractivity (Wildman–Crippen MR) is 86.2 cm³/mol. The van der Waals surface area contributed by atoms with Crippen molar-refractivity contribution in [1.82, 2.24) is 15.5 Å². The number of rotatable bonds is 5. The van der Waals surface area contributed by atoms with E-state index in [2.05, 4.69) is 15.5 Å². The fourth-order valence-electron chi connectivity index (χ4n) is 2.10. The summed E-state index contributed by atoms with van der Waals surface area (Å²) in [4.78, 5) is 16.3. The molecule has 1 aromatic heterocycles. The molecule has 5 nitrogen and oxygen atoms in total. The van der Waals surface area contributed by atoms with Crippen molar-refractivity contribution in [3.8, 4) is 0 Å². The highest BCUT2D eigenvalue weighted by Gasteiger charge is 2.12. The first-order valence-electron chi connectivity index (χ1n) is 7.10. The Hall–Kier alpha value is -2.66. The maximum atomic E-state index is 12.1. The van der Waals surface area contributed by atoms with E-state index in [9.17, 15) is 4.79 Å². The summed E-state index contributed by atoms with van der Waals surface area (Å²) < 4.78 is 5.19. The van der Waals surface area contributed by atoms with Crippen molar-refractivity contribution in [2.75, 3.05) is 0 Å². The first-order chi connectivity index (χ1) is 11.2. The molecule has 0 spiro atoms. The largest absolute Gasteiger partial charge is 0.345 e. The summed E-state index contributed by atoms with van der Waals surface area (Å²) in [6.07, 6.45) is 0.562. The Labute approximate surface area is 138 Å². The molecule has 0 aliphatic rings. The molecular weight excluding hydrogens is 314 g/mol. The summed E-state index contributed by atoms with van der Waals surface area (Å²) in [7, 11) is 0. The van der Waals surface area contributed by atoms with E-state index in [-0.39, 0.29) is 12.5 Å². The Bertz CT molecular complexity index is 802. The Balaban J connectivity index is 1.59. The van der Waals surface area contributed by atoms with Gasteiger partial charge in [-0.25, -0.2) is 0 Å². The highest BCUT2D eigenvalue weighted by molar-refractivity contribution is 6.33. The van der Waals surface area contributed by atoms with Crippen LogP contribution in [0.25, 0.3) is 0 Å². The van der Waals surface area contributed by atoms with E-state index in [1.165, 1.54) is 0 Å². The van der Waals surface area contributed by atoms with Crippen molar-refractivity contribution in [2.24, 2.45) is 0 Å². The van der Waals surface area contributed by atoms with Gasteiger partial charge in [-0.15, -0.1) is 0 Å². The standard InChI is InChI=1S/C17H14ClN3O2/c18-14-9-5-4-8-13(14)17(22)19-11-15-20-16(23-21-15)10-12-6-2-1-3-7-12/h1-9H,10-11H2,(H,19,22). The average molecular weight is 328 g/mol. The van der Waals surface area contributed by atoms with Crippen LogP contribution in [0.4, 0.5) is 0 Å². The lowest BCUT2D eigenvalue weighted by molar-refractivity contribution is 0.0950. The quantitative estimate of drug-likeness (QED) is 0.781. The van der Waals surface area contributed by atoms with Crippen molar-refractivity contribution in [1.29, 1.82) is 0 Å². The number of carbonyl (C=O) groups is 1. The predicted octanol–water partition coefficient (Wildman–Crippen LogP) is 3.24. The molecule has 1 heterocycles. The minimum atomic E-state index is -0.273. The molecule has 1 N–H and O–H groups in total. The molecule has 0 saturated heterocycles. The van der Waals surface area contributed by atoms with E-state index in [0.29, 0.717) is 28.7 Å². The second-order valence-corrected chi connectivity index (χ2v) is 5.34. The van der Waals surface area contributed by atoms with E-state index in [0.717, 1.165) is 5.56 Å². The van der Waals surface area contributed by atoms with Crippen LogP contribution < -0.4 is 5.32 Å². The first kappa shape index (κ1) is 15.2. The number of nitrogens with one attached hydrogen (secondary N) is 1. The zero-order valence-corrected chi connectivity index (χ0v) is 13.0. The Morgan fingerprint density at radius 3 is 2.61 bits per heavy atom. The monoisotopic (exact) mass is 327 g/mol. The van der Waals surface area contributed by atoms with Gasteiger partial charge in [0, 0.05) is 0 Å². The van der Waals surface area contributed by atoms with Gasteiger partial charge >= 0.3 is 0 Å². The summed E-state index contributed by atoms with van der Waals surface area (Å²) >= 11 is 5.98. The van der Waals surface area contributed by atoms with E-state index >= 15 is 0 Å². The number of amides is 1. The minimum absolute atomic E-state index is 0.183. The normalized spacial score (nSPS) is 10.5. The lowest BCUT2D eigenvalue weighted by atomic mass is 10.1. The molecule has 0 aliphatic carbocycles. The zero-order chi connectivity index (χ0) is 16.1. The van der Waals surface area contributed by atoms with Gasteiger partial charge in [-0.1, -0.05) is 59.2 Å². The van der Waals surface area contributed by atoms with Gasteiger partial charge in [0.25, 0.3) is 5.91 Å². The summed E-state index contributed by atoms with van der Waals surface area (Å²) in [5, 5.41) is 7.00. The Morgan fingerprint density at radius 1 is 1.09 bits per heavy atom. The van der Waals surface area contributed by atoms with Crippen molar-refractivity contribution < 1.29 is 9.32 Å². The zero-order valence-electron chi connectivity index (χ0n) is 12.2. The third kappa shape index (κ3) is 3.96. The topological polar surface area (TPSA) is 68.0 Å². The molecule has 3 aromatic rings. The molecule has 0 unspecified atom stereocenters. The van der Waals surface area contributed by atoms with Gasteiger partial charge in [0.15, 0.2) is 5.82 Å². The molecule has 1 amide bonds. The molecule has 116 valence electrons. The maximum absolute atomic E-state index is 12.1. The molecule has 0 bridgehead atoms. The fourth-order valence-corrected chi connectivity index (χ4v) is 2.33. The second-order valence-electron chi connectivity index (χ2n) is 4.93. The lowest BCUT2D eigenvalue weighted by Crippen LogP contribution is -2.23. The number of benzene rings is 2. The number of hydrogen-bond acceptors (Lipinski definition) is 4. The molecule has 2 aromatic carbocycles. The third-order valence-corrected chi connectivity index (χ3v) is 3.56. The SMILES string of the molecule is O=C(NCc1noc(Cc2ccccc2)n1)c1ccccc1Cl. The maximum Gasteiger partial charge on any atom is 0.253 e. The Morgan fingerprint density at radius 2 is 1.83 bits per heavy atom. The summed E-state index contributed by atoms with van der Waals surface area (Å²) in [5.74, 6) is 0.666. The van der Waals surface area contributed by atoms with Crippen LogP contribution in [0, 0.1) is 0 Å². The van der Waals surface area contributed by atoms with Crippen LogP contribution in [0.3, 0.4) is 0 Å². The molecule has 0 aliphatic heterocycles. The molecule has 0 radical (unpaired) electrons. The van der Waals surface area contributed by atoms with Crippen LogP contribution in [0.5, 0.6) is 0 Å². The van der Waals surface area contributed by atoms with Gasteiger partial charge in [-0.05, 0) is 17.7 Å². The van der Waals surface area contributed by atoms with E-state index in [1.807, 2.05) is 30.3 Å². The van der Waals surface area contributed by atoms with Gasteiger partial charge in [-0.3, -0.25) is 4.79 Å². The second kappa shape index (κ2) is 7.07. The van der Waals surface area contributed by atoms with Crippen LogP contribution in [0.15, 0.2) is 59.1 Å². The Kier molecular flexibility index (Phi) is 4.68. The van der Waals surface area contributed by atoms with Crippen LogP contribution >= 0.6 is 11.6 Å². The van der Waals surface area contributed by atoms with Crippen molar-refractivity contribution in [2.45, 2.75) is 13.0 Å². The summed E-state index contributed by atoms with van der Waals surface area (Å²) in [6.45, 7) is 0.183. The molecular formula is C17H14ClN3O2. The van der Waals surface area contributed by atoms with E-state index in [1.54, 1.807) is 24.3 Å². The highest BCUT2D eigenvalue weighted by atomic mass is 35.5. The van der Waals surface area contributed by atoms with Crippen LogP contribution in [0.1, 0.15) is 27.6 Å². The van der Waals surface area contributed by atoms with Crippen LogP contribution in [-0.2, 0) is 13.0 Å². The smallest absolute Gasteiger partial charge is 0.253 e. The van der Waals surface area contributed by atoms with Gasteiger partial charge < -0.3 is 9.84 Å². The number of halogens is 1. The fraction of sp³-hybridized carbons (Fsp3) is 0.118. The molecule has 23 heavy (non-hydrogen) atoms. The molecule has 6 heteroatoms. The van der Waals surface area contributed by atoms with Gasteiger partial charge in [-0.2, -0.15) is 4.98 Å². The molecule has 0 fully saturated rings. The lowest BCUT2D eigenvalue weighted by Gasteiger charge is -2.03. The molecule has 0 saturated carbocycles. The summed E-state index contributed by atoms with van der Waals surface area (Å²) in [5.41, 5.74) is 1.50. The molecule has 3 rings (SSSR count).